The second-order valence-corrected chi connectivity index (χ2v) is 4.93. The molecule has 21 heavy (non-hydrogen) atoms. The lowest BCUT2D eigenvalue weighted by atomic mass is 9.99. The number of aryl methyl sites for hydroxylation is 2. The zero-order valence-electron chi connectivity index (χ0n) is 12.5. The van der Waals surface area contributed by atoms with E-state index in [-0.39, 0.29) is 11.5 Å². The number of benzene rings is 2. The van der Waals surface area contributed by atoms with Crippen molar-refractivity contribution in [1.82, 2.24) is 0 Å². The SMILES string of the molecule is COc1ccc(CCc2cc(O)cc(O)c2C)c(OC)c1. The molecule has 0 aliphatic rings. The molecule has 0 fully saturated rings. The molecule has 0 radical (unpaired) electrons. The Hall–Kier alpha value is -2.36. The van der Waals surface area contributed by atoms with Gasteiger partial charge in [0.05, 0.1) is 14.2 Å². The highest BCUT2D eigenvalue weighted by Gasteiger charge is 2.09. The van der Waals surface area contributed by atoms with Crippen LogP contribution in [0.4, 0.5) is 0 Å². The maximum Gasteiger partial charge on any atom is 0.125 e. The summed E-state index contributed by atoms with van der Waals surface area (Å²) in [6, 6.07) is 8.75. The van der Waals surface area contributed by atoms with E-state index < -0.39 is 0 Å². The minimum atomic E-state index is 0.0785. The van der Waals surface area contributed by atoms with Crippen LogP contribution >= 0.6 is 0 Å². The van der Waals surface area contributed by atoms with Gasteiger partial charge in [0.2, 0.25) is 0 Å². The Morgan fingerprint density at radius 3 is 2.29 bits per heavy atom. The Balaban J connectivity index is 2.20. The minimum Gasteiger partial charge on any atom is -0.508 e. The third kappa shape index (κ3) is 3.40. The van der Waals surface area contributed by atoms with Crippen LogP contribution in [0.5, 0.6) is 23.0 Å². The lowest BCUT2D eigenvalue weighted by molar-refractivity contribution is 0.391. The van der Waals surface area contributed by atoms with Gasteiger partial charge >= 0.3 is 0 Å². The molecule has 0 heterocycles. The molecule has 0 saturated heterocycles. The van der Waals surface area contributed by atoms with E-state index in [0.717, 1.165) is 34.6 Å². The average molecular weight is 288 g/mol. The van der Waals surface area contributed by atoms with Gasteiger partial charge in [-0.1, -0.05) is 6.07 Å². The summed E-state index contributed by atoms with van der Waals surface area (Å²) < 4.78 is 10.6. The Labute approximate surface area is 124 Å². The topological polar surface area (TPSA) is 58.9 Å². The molecule has 4 heteroatoms. The molecule has 0 spiro atoms. The molecule has 0 aliphatic heterocycles. The van der Waals surface area contributed by atoms with Gasteiger partial charge in [-0.25, -0.2) is 0 Å². The summed E-state index contributed by atoms with van der Waals surface area (Å²) in [5, 5.41) is 19.3. The van der Waals surface area contributed by atoms with E-state index in [0.29, 0.717) is 6.42 Å². The third-order valence-electron chi connectivity index (χ3n) is 3.63. The van der Waals surface area contributed by atoms with Crippen molar-refractivity contribution in [1.29, 1.82) is 0 Å². The molecule has 2 N–H and O–H groups in total. The molecule has 2 aromatic carbocycles. The first-order valence-electron chi connectivity index (χ1n) is 6.77. The number of phenolic OH excluding ortho intramolecular Hbond substituents is 2. The molecule has 112 valence electrons. The van der Waals surface area contributed by atoms with Crippen molar-refractivity contribution in [2.75, 3.05) is 14.2 Å². The van der Waals surface area contributed by atoms with Crippen LogP contribution in [0.25, 0.3) is 0 Å². The highest BCUT2D eigenvalue weighted by atomic mass is 16.5. The maximum atomic E-state index is 9.75. The van der Waals surface area contributed by atoms with E-state index in [1.165, 1.54) is 6.07 Å². The van der Waals surface area contributed by atoms with Gasteiger partial charge in [0, 0.05) is 12.1 Å². The average Bonchev–Trinajstić information content (AvgIpc) is 2.49. The Kier molecular flexibility index (Phi) is 4.58. The first-order valence-corrected chi connectivity index (χ1v) is 6.77. The standard InChI is InChI=1S/C17H20O4/c1-11-13(8-14(18)9-16(11)19)5-4-12-6-7-15(20-2)10-17(12)21-3/h6-10,18-19H,4-5H2,1-3H3. The van der Waals surface area contributed by atoms with Gasteiger partial charge in [-0.2, -0.15) is 0 Å². The Bertz CT molecular complexity index is 635. The molecule has 0 aliphatic carbocycles. The molecule has 4 nitrogen and oxygen atoms in total. The van der Waals surface area contributed by atoms with E-state index in [4.69, 9.17) is 9.47 Å². The molecule has 2 aromatic rings. The van der Waals surface area contributed by atoms with Gasteiger partial charge in [0.15, 0.2) is 0 Å². The molecule has 2 rings (SSSR count). The van der Waals surface area contributed by atoms with Crippen LogP contribution in [-0.4, -0.2) is 24.4 Å². The summed E-state index contributed by atoms with van der Waals surface area (Å²) in [5.74, 6) is 1.72. The van der Waals surface area contributed by atoms with Gasteiger partial charge in [-0.15, -0.1) is 0 Å². The van der Waals surface area contributed by atoms with E-state index in [9.17, 15) is 10.2 Å². The first kappa shape index (κ1) is 15.0. The van der Waals surface area contributed by atoms with Crippen LogP contribution in [-0.2, 0) is 12.8 Å². The fraction of sp³-hybridized carbons (Fsp3) is 0.294. The van der Waals surface area contributed by atoms with E-state index in [1.54, 1.807) is 20.3 Å². The number of ether oxygens (including phenoxy) is 2. The number of hydrogen-bond donors (Lipinski definition) is 2. The van der Waals surface area contributed by atoms with Gasteiger partial charge in [-0.3, -0.25) is 0 Å². The van der Waals surface area contributed by atoms with Crippen molar-refractivity contribution in [2.45, 2.75) is 19.8 Å². The quantitative estimate of drug-likeness (QED) is 0.887. The molecule has 0 bridgehead atoms. The monoisotopic (exact) mass is 288 g/mol. The lowest BCUT2D eigenvalue weighted by Crippen LogP contribution is -1.98. The number of aromatic hydroxyl groups is 2. The fourth-order valence-electron chi connectivity index (χ4n) is 2.33. The second kappa shape index (κ2) is 6.39. The van der Waals surface area contributed by atoms with Crippen molar-refractivity contribution in [3.05, 3.63) is 47.0 Å². The predicted octanol–water partition coefficient (Wildman–Crippen LogP) is 3.21. The molecule has 0 unspecified atom stereocenters. The molecule has 0 amide bonds. The van der Waals surface area contributed by atoms with E-state index >= 15 is 0 Å². The van der Waals surface area contributed by atoms with Gasteiger partial charge in [0.1, 0.15) is 23.0 Å². The Morgan fingerprint density at radius 2 is 1.62 bits per heavy atom. The van der Waals surface area contributed by atoms with Crippen LogP contribution in [0, 0.1) is 6.92 Å². The number of phenols is 2. The van der Waals surface area contributed by atoms with Crippen LogP contribution in [0.2, 0.25) is 0 Å². The third-order valence-corrected chi connectivity index (χ3v) is 3.63. The number of methoxy groups -OCH3 is 2. The van der Waals surface area contributed by atoms with Gasteiger partial charge in [-0.05, 0) is 48.6 Å². The summed E-state index contributed by atoms with van der Waals surface area (Å²) in [6.07, 6.45) is 1.45. The second-order valence-electron chi connectivity index (χ2n) is 4.93. The summed E-state index contributed by atoms with van der Waals surface area (Å²) in [6.45, 7) is 1.84. The van der Waals surface area contributed by atoms with E-state index in [1.807, 2.05) is 25.1 Å². The minimum absolute atomic E-state index is 0.0785. The molecular formula is C17H20O4. The van der Waals surface area contributed by atoms with E-state index in [2.05, 4.69) is 0 Å². The summed E-state index contributed by atoms with van der Waals surface area (Å²) in [7, 11) is 3.25. The summed E-state index contributed by atoms with van der Waals surface area (Å²) in [4.78, 5) is 0. The number of hydrogen-bond acceptors (Lipinski definition) is 4. The number of rotatable bonds is 5. The molecule has 0 atom stereocenters. The largest absolute Gasteiger partial charge is 0.508 e. The zero-order valence-corrected chi connectivity index (χ0v) is 12.5. The van der Waals surface area contributed by atoms with Crippen LogP contribution in [0.15, 0.2) is 30.3 Å². The van der Waals surface area contributed by atoms with Crippen molar-refractivity contribution in [2.24, 2.45) is 0 Å². The van der Waals surface area contributed by atoms with Crippen LogP contribution in [0.1, 0.15) is 16.7 Å². The normalized spacial score (nSPS) is 10.4. The zero-order chi connectivity index (χ0) is 15.4. The molecular weight excluding hydrogens is 268 g/mol. The molecule has 0 aromatic heterocycles. The van der Waals surface area contributed by atoms with Crippen LogP contribution in [0.3, 0.4) is 0 Å². The maximum absolute atomic E-state index is 9.75. The van der Waals surface area contributed by atoms with Crippen molar-refractivity contribution in [3.8, 4) is 23.0 Å². The fourth-order valence-corrected chi connectivity index (χ4v) is 2.33. The van der Waals surface area contributed by atoms with Crippen LogP contribution < -0.4 is 9.47 Å². The first-order chi connectivity index (χ1) is 10.0. The van der Waals surface area contributed by atoms with Crippen molar-refractivity contribution >= 4 is 0 Å². The highest BCUT2D eigenvalue weighted by Crippen LogP contribution is 2.29. The van der Waals surface area contributed by atoms with Crippen molar-refractivity contribution < 1.29 is 19.7 Å². The van der Waals surface area contributed by atoms with Gasteiger partial charge < -0.3 is 19.7 Å². The van der Waals surface area contributed by atoms with Gasteiger partial charge in [0.25, 0.3) is 0 Å². The molecule has 0 saturated carbocycles. The predicted molar refractivity (Wildman–Crippen MR) is 81.5 cm³/mol. The highest BCUT2D eigenvalue weighted by molar-refractivity contribution is 5.46. The van der Waals surface area contributed by atoms with Crippen molar-refractivity contribution in [3.63, 3.8) is 0 Å². The lowest BCUT2D eigenvalue weighted by Gasteiger charge is -2.12. The smallest absolute Gasteiger partial charge is 0.125 e. The Morgan fingerprint density at radius 1 is 0.905 bits per heavy atom. The summed E-state index contributed by atoms with van der Waals surface area (Å²) in [5.41, 5.74) is 2.77. The summed E-state index contributed by atoms with van der Waals surface area (Å²) >= 11 is 0.